The number of ether oxygens (including phenoxy) is 1. The van der Waals surface area contributed by atoms with Crippen LogP contribution in [0.4, 0.5) is 4.39 Å². The number of halogens is 1. The zero-order valence-corrected chi connectivity index (χ0v) is 11.9. The van der Waals surface area contributed by atoms with Crippen LogP contribution in [0.15, 0.2) is 67.4 Å². The van der Waals surface area contributed by atoms with Crippen molar-refractivity contribution in [2.75, 3.05) is 0 Å². The second-order valence-electron chi connectivity index (χ2n) is 4.92. The van der Waals surface area contributed by atoms with Gasteiger partial charge in [-0.2, -0.15) is 0 Å². The second-order valence-corrected chi connectivity index (χ2v) is 4.92. The van der Waals surface area contributed by atoms with E-state index in [9.17, 15) is 4.39 Å². The van der Waals surface area contributed by atoms with E-state index in [2.05, 4.69) is 15.0 Å². The number of aromatic nitrogens is 4. The van der Waals surface area contributed by atoms with Crippen LogP contribution in [0.1, 0.15) is 0 Å². The number of nitrogens with zero attached hydrogens (tertiary/aromatic N) is 4. The molecule has 0 aliphatic carbocycles. The van der Waals surface area contributed by atoms with E-state index in [1.807, 2.05) is 28.9 Å². The monoisotopic (exact) mass is 306 g/mol. The summed E-state index contributed by atoms with van der Waals surface area (Å²) in [6.07, 6.45) is 8.92. The van der Waals surface area contributed by atoms with Crippen LogP contribution in [0.3, 0.4) is 0 Å². The Balaban J connectivity index is 1.58. The minimum absolute atomic E-state index is 0.210. The summed E-state index contributed by atoms with van der Waals surface area (Å²) in [6, 6.07) is 9.83. The molecule has 4 aromatic rings. The van der Waals surface area contributed by atoms with Gasteiger partial charge >= 0.3 is 6.01 Å². The van der Waals surface area contributed by atoms with Crippen LogP contribution < -0.4 is 4.74 Å². The predicted molar refractivity (Wildman–Crippen MR) is 82.7 cm³/mol. The van der Waals surface area contributed by atoms with Crippen molar-refractivity contribution in [1.29, 1.82) is 0 Å². The van der Waals surface area contributed by atoms with E-state index in [1.54, 1.807) is 18.6 Å². The molecular weight excluding hydrogens is 295 g/mol. The molecule has 3 heterocycles. The first-order valence-corrected chi connectivity index (χ1v) is 6.96. The van der Waals surface area contributed by atoms with E-state index in [4.69, 9.17) is 4.74 Å². The minimum Gasteiger partial charge on any atom is -0.424 e. The molecule has 0 spiro atoms. The molecule has 0 aliphatic rings. The standard InChI is InChI=1S/C17H11FN4O/c18-14-1-3-15(4-2-14)23-17-20-10-13(11-21-17)12-5-7-22-8-6-19-16(22)9-12/h1-11H. The molecule has 0 saturated carbocycles. The van der Waals surface area contributed by atoms with Gasteiger partial charge in [-0.1, -0.05) is 0 Å². The summed E-state index contributed by atoms with van der Waals surface area (Å²) >= 11 is 0. The van der Waals surface area contributed by atoms with Gasteiger partial charge in [0.1, 0.15) is 17.2 Å². The fourth-order valence-electron chi connectivity index (χ4n) is 2.22. The maximum absolute atomic E-state index is 12.9. The van der Waals surface area contributed by atoms with E-state index >= 15 is 0 Å². The van der Waals surface area contributed by atoms with Gasteiger partial charge in [-0.3, -0.25) is 0 Å². The van der Waals surface area contributed by atoms with E-state index < -0.39 is 0 Å². The molecule has 6 heteroatoms. The van der Waals surface area contributed by atoms with Crippen molar-refractivity contribution in [3.05, 3.63) is 73.2 Å². The molecular formula is C17H11FN4O. The number of imidazole rings is 1. The summed E-state index contributed by atoms with van der Waals surface area (Å²) in [5.41, 5.74) is 2.69. The van der Waals surface area contributed by atoms with Crippen molar-refractivity contribution in [2.45, 2.75) is 0 Å². The summed E-state index contributed by atoms with van der Waals surface area (Å²) in [4.78, 5) is 12.6. The van der Waals surface area contributed by atoms with Gasteiger partial charge in [-0.25, -0.2) is 19.3 Å². The zero-order valence-electron chi connectivity index (χ0n) is 11.9. The largest absolute Gasteiger partial charge is 0.424 e. The number of hydrogen-bond acceptors (Lipinski definition) is 4. The first-order chi connectivity index (χ1) is 11.3. The lowest BCUT2D eigenvalue weighted by Crippen LogP contribution is -1.92. The summed E-state index contributed by atoms with van der Waals surface area (Å²) in [5.74, 6) is 0.168. The first kappa shape index (κ1) is 13.4. The molecule has 0 saturated heterocycles. The first-order valence-electron chi connectivity index (χ1n) is 6.96. The quantitative estimate of drug-likeness (QED) is 0.579. The van der Waals surface area contributed by atoms with Crippen molar-refractivity contribution in [2.24, 2.45) is 0 Å². The number of benzene rings is 1. The zero-order chi connectivity index (χ0) is 15.6. The van der Waals surface area contributed by atoms with Crippen LogP contribution in [0.5, 0.6) is 11.8 Å². The average Bonchev–Trinajstić information content (AvgIpc) is 3.05. The summed E-state index contributed by atoms with van der Waals surface area (Å²) < 4.78 is 20.3. The molecule has 0 bridgehead atoms. The van der Waals surface area contributed by atoms with Crippen molar-refractivity contribution >= 4 is 5.65 Å². The van der Waals surface area contributed by atoms with E-state index in [-0.39, 0.29) is 11.8 Å². The van der Waals surface area contributed by atoms with Gasteiger partial charge in [0.05, 0.1) is 0 Å². The summed E-state index contributed by atoms with van der Waals surface area (Å²) in [5, 5.41) is 0. The number of hydrogen-bond donors (Lipinski definition) is 0. The van der Waals surface area contributed by atoms with Gasteiger partial charge in [-0.15, -0.1) is 0 Å². The molecule has 4 rings (SSSR count). The SMILES string of the molecule is Fc1ccc(Oc2ncc(-c3ccn4ccnc4c3)cn2)cc1. The summed E-state index contributed by atoms with van der Waals surface area (Å²) in [7, 11) is 0. The molecule has 112 valence electrons. The van der Waals surface area contributed by atoms with Gasteiger partial charge in [0.15, 0.2) is 0 Å². The molecule has 0 fully saturated rings. The second kappa shape index (κ2) is 5.49. The Hall–Kier alpha value is -3.28. The van der Waals surface area contributed by atoms with E-state index in [0.717, 1.165) is 16.8 Å². The van der Waals surface area contributed by atoms with E-state index in [0.29, 0.717) is 5.75 Å². The number of rotatable bonds is 3. The third-order valence-corrected chi connectivity index (χ3v) is 3.38. The molecule has 0 amide bonds. The fourth-order valence-corrected chi connectivity index (χ4v) is 2.22. The molecule has 0 aliphatic heterocycles. The molecule has 0 N–H and O–H groups in total. The van der Waals surface area contributed by atoms with Crippen molar-refractivity contribution in [3.63, 3.8) is 0 Å². The Morgan fingerprint density at radius 2 is 1.65 bits per heavy atom. The van der Waals surface area contributed by atoms with Crippen LogP contribution >= 0.6 is 0 Å². The van der Waals surface area contributed by atoms with Crippen LogP contribution in [-0.4, -0.2) is 19.4 Å². The predicted octanol–water partition coefficient (Wildman–Crippen LogP) is 3.72. The lowest BCUT2D eigenvalue weighted by Gasteiger charge is -2.05. The maximum Gasteiger partial charge on any atom is 0.321 e. The maximum atomic E-state index is 12.9. The van der Waals surface area contributed by atoms with Gasteiger partial charge < -0.3 is 9.14 Å². The van der Waals surface area contributed by atoms with Crippen molar-refractivity contribution in [1.82, 2.24) is 19.4 Å². The fraction of sp³-hybridized carbons (Fsp3) is 0. The van der Waals surface area contributed by atoms with E-state index in [1.165, 1.54) is 24.3 Å². The molecule has 0 radical (unpaired) electrons. The molecule has 3 aromatic heterocycles. The number of fused-ring (bicyclic) bond motifs is 1. The molecule has 0 atom stereocenters. The van der Waals surface area contributed by atoms with Crippen LogP contribution in [0.2, 0.25) is 0 Å². The Kier molecular flexibility index (Phi) is 3.20. The smallest absolute Gasteiger partial charge is 0.321 e. The van der Waals surface area contributed by atoms with Crippen LogP contribution in [0.25, 0.3) is 16.8 Å². The minimum atomic E-state index is -0.317. The van der Waals surface area contributed by atoms with Crippen molar-refractivity contribution < 1.29 is 9.13 Å². The third kappa shape index (κ3) is 2.74. The average molecular weight is 306 g/mol. The molecule has 0 unspecified atom stereocenters. The van der Waals surface area contributed by atoms with Crippen LogP contribution in [-0.2, 0) is 0 Å². The Morgan fingerprint density at radius 1 is 0.870 bits per heavy atom. The Labute approximate surface area is 131 Å². The lowest BCUT2D eigenvalue weighted by atomic mass is 10.1. The highest BCUT2D eigenvalue weighted by atomic mass is 19.1. The Bertz CT molecular complexity index is 948. The van der Waals surface area contributed by atoms with Gasteiger partial charge in [0.2, 0.25) is 0 Å². The molecule has 1 aromatic carbocycles. The van der Waals surface area contributed by atoms with Gasteiger partial charge in [0, 0.05) is 36.5 Å². The highest BCUT2D eigenvalue weighted by molar-refractivity contribution is 5.65. The Morgan fingerprint density at radius 3 is 2.43 bits per heavy atom. The van der Waals surface area contributed by atoms with Gasteiger partial charge in [-0.05, 0) is 42.0 Å². The molecule has 5 nitrogen and oxygen atoms in total. The number of pyridine rings is 1. The highest BCUT2D eigenvalue weighted by Crippen LogP contribution is 2.22. The third-order valence-electron chi connectivity index (χ3n) is 3.38. The van der Waals surface area contributed by atoms with Crippen molar-refractivity contribution in [3.8, 4) is 22.9 Å². The topological polar surface area (TPSA) is 52.3 Å². The van der Waals surface area contributed by atoms with Gasteiger partial charge in [0.25, 0.3) is 0 Å². The summed E-state index contributed by atoms with van der Waals surface area (Å²) in [6.45, 7) is 0. The molecule has 23 heavy (non-hydrogen) atoms. The van der Waals surface area contributed by atoms with Crippen LogP contribution in [0, 0.1) is 5.82 Å². The normalized spacial score (nSPS) is 10.8. The lowest BCUT2D eigenvalue weighted by molar-refractivity contribution is 0.440. The highest BCUT2D eigenvalue weighted by Gasteiger charge is 2.04.